The molecule has 1 nitrogen and oxygen atoms in total. The summed E-state index contributed by atoms with van der Waals surface area (Å²) in [6, 6.07) is 23.8. The second-order valence-electron chi connectivity index (χ2n) is 6.56. The van der Waals surface area contributed by atoms with Crippen molar-refractivity contribution in [2.75, 3.05) is 5.32 Å². The fraction of sp³-hybridized carbons (Fsp3) is 0.143. The summed E-state index contributed by atoms with van der Waals surface area (Å²) < 4.78 is 1.11. The van der Waals surface area contributed by atoms with Crippen LogP contribution in [0.3, 0.4) is 0 Å². The van der Waals surface area contributed by atoms with E-state index in [4.69, 9.17) is 0 Å². The summed E-state index contributed by atoms with van der Waals surface area (Å²) >= 11 is 3.50. The van der Waals surface area contributed by atoms with E-state index in [1.165, 1.54) is 33.6 Å². The molecule has 3 aromatic carbocycles. The summed E-state index contributed by atoms with van der Waals surface area (Å²) in [6.45, 7) is 4.60. The molecule has 1 aliphatic rings. The van der Waals surface area contributed by atoms with Crippen LogP contribution in [-0.2, 0) is 5.41 Å². The number of hydrogen-bond acceptors (Lipinski definition) is 1. The van der Waals surface area contributed by atoms with Crippen LogP contribution >= 0.6 is 15.9 Å². The Hall–Kier alpha value is -2.06. The highest BCUT2D eigenvalue weighted by Crippen LogP contribution is 2.46. The average molecular weight is 364 g/mol. The van der Waals surface area contributed by atoms with Gasteiger partial charge in [-0.2, -0.15) is 0 Å². The lowest BCUT2D eigenvalue weighted by Gasteiger charge is -2.36. The van der Waals surface area contributed by atoms with Crippen LogP contribution in [-0.4, -0.2) is 0 Å². The van der Waals surface area contributed by atoms with E-state index in [2.05, 4.69) is 102 Å². The third-order valence-corrected chi connectivity index (χ3v) is 5.27. The predicted molar refractivity (Wildman–Crippen MR) is 101 cm³/mol. The molecule has 3 aromatic rings. The van der Waals surface area contributed by atoms with Crippen molar-refractivity contribution >= 4 is 27.3 Å². The van der Waals surface area contributed by atoms with Crippen molar-refractivity contribution in [2.45, 2.75) is 19.3 Å². The van der Waals surface area contributed by atoms with Crippen molar-refractivity contribution in [3.8, 4) is 11.1 Å². The second kappa shape index (κ2) is 5.24. The molecule has 0 aromatic heterocycles. The Morgan fingerprint density at radius 1 is 0.739 bits per heavy atom. The minimum absolute atomic E-state index is 0.0114. The zero-order chi connectivity index (χ0) is 16.0. The average Bonchev–Trinajstić information content (AvgIpc) is 2.56. The maximum Gasteiger partial charge on any atom is 0.0426 e. The van der Waals surface area contributed by atoms with Gasteiger partial charge in [-0.1, -0.05) is 66.2 Å². The summed E-state index contributed by atoms with van der Waals surface area (Å²) in [5.41, 5.74) is 7.59. The van der Waals surface area contributed by atoms with Gasteiger partial charge >= 0.3 is 0 Å². The molecule has 1 N–H and O–H groups in total. The van der Waals surface area contributed by atoms with Crippen molar-refractivity contribution in [2.24, 2.45) is 0 Å². The number of anilines is 2. The summed E-state index contributed by atoms with van der Waals surface area (Å²) in [5.74, 6) is 0. The molecule has 0 radical (unpaired) electrons. The molecule has 4 rings (SSSR count). The Bertz CT molecular complexity index is 879. The Balaban J connectivity index is 1.86. The van der Waals surface area contributed by atoms with Gasteiger partial charge in [0, 0.05) is 21.3 Å². The van der Waals surface area contributed by atoms with Crippen molar-refractivity contribution in [1.82, 2.24) is 0 Å². The Kier molecular flexibility index (Phi) is 3.31. The SMILES string of the molecule is CC1(C)c2ccccc2Nc2ccc(-c3ccc(Br)cc3)cc21. The van der Waals surface area contributed by atoms with E-state index in [9.17, 15) is 0 Å². The van der Waals surface area contributed by atoms with Gasteiger partial charge in [-0.25, -0.2) is 0 Å². The third-order valence-electron chi connectivity index (χ3n) is 4.74. The summed E-state index contributed by atoms with van der Waals surface area (Å²) in [5, 5.41) is 3.58. The molecule has 0 saturated heterocycles. The Morgan fingerprint density at radius 2 is 1.39 bits per heavy atom. The van der Waals surface area contributed by atoms with Gasteiger partial charge in [0.15, 0.2) is 0 Å². The van der Waals surface area contributed by atoms with Gasteiger partial charge in [-0.05, 0) is 52.6 Å². The van der Waals surface area contributed by atoms with E-state index >= 15 is 0 Å². The van der Waals surface area contributed by atoms with Crippen molar-refractivity contribution in [1.29, 1.82) is 0 Å². The number of halogens is 1. The van der Waals surface area contributed by atoms with Crippen LogP contribution < -0.4 is 5.32 Å². The van der Waals surface area contributed by atoms with Gasteiger partial charge < -0.3 is 5.32 Å². The molecule has 0 unspecified atom stereocenters. The fourth-order valence-electron chi connectivity index (χ4n) is 3.42. The van der Waals surface area contributed by atoms with E-state index in [0.29, 0.717) is 0 Å². The monoisotopic (exact) mass is 363 g/mol. The highest BCUT2D eigenvalue weighted by Gasteiger charge is 2.32. The van der Waals surface area contributed by atoms with Crippen LogP contribution in [0.2, 0.25) is 0 Å². The molecule has 0 spiro atoms. The zero-order valence-corrected chi connectivity index (χ0v) is 14.8. The van der Waals surface area contributed by atoms with Gasteiger partial charge in [0.2, 0.25) is 0 Å². The first kappa shape index (κ1) is 14.5. The van der Waals surface area contributed by atoms with Crippen LogP contribution in [0.1, 0.15) is 25.0 Å². The first-order valence-electron chi connectivity index (χ1n) is 7.83. The molecule has 0 amide bonds. The molecule has 0 aliphatic carbocycles. The van der Waals surface area contributed by atoms with Crippen molar-refractivity contribution in [3.63, 3.8) is 0 Å². The number of benzene rings is 3. The number of para-hydroxylation sites is 1. The first-order valence-corrected chi connectivity index (χ1v) is 8.62. The summed E-state index contributed by atoms with van der Waals surface area (Å²) in [4.78, 5) is 0. The van der Waals surface area contributed by atoms with E-state index < -0.39 is 0 Å². The smallest absolute Gasteiger partial charge is 0.0426 e. The molecule has 0 saturated carbocycles. The second-order valence-corrected chi connectivity index (χ2v) is 7.48. The number of hydrogen-bond donors (Lipinski definition) is 1. The lowest BCUT2D eigenvalue weighted by atomic mass is 9.73. The van der Waals surface area contributed by atoms with Crippen molar-refractivity contribution in [3.05, 3.63) is 82.3 Å². The van der Waals surface area contributed by atoms with E-state index in [1.807, 2.05) is 0 Å². The fourth-order valence-corrected chi connectivity index (χ4v) is 3.68. The maximum absolute atomic E-state index is 3.58. The van der Waals surface area contributed by atoms with Crippen LogP contribution in [0.15, 0.2) is 71.2 Å². The molecule has 2 heteroatoms. The molecule has 0 bridgehead atoms. The predicted octanol–water partition coefficient (Wildman–Crippen LogP) is 6.50. The largest absolute Gasteiger partial charge is 0.355 e. The maximum atomic E-state index is 3.58. The normalized spacial score (nSPS) is 14.6. The van der Waals surface area contributed by atoms with Gasteiger partial charge in [0.05, 0.1) is 0 Å². The van der Waals surface area contributed by atoms with E-state index in [1.54, 1.807) is 0 Å². The number of nitrogens with one attached hydrogen (secondary N) is 1. The van der Waals surface area contributed by atoms with E-state index in [-0.39, 0.29) is 5.41 Å². The topological polar surface area (TPSA) is 12.0 Å². The molecular weight excluding hydrogens is 346 g/mol. The minimum Gasteiger partial charge on any atom is -0.355 e. The quantitative estimate of drug-likeness (QED) is 0.520. The zero-order valence-electron chi connectivity index (χ0n) is 13.2. The van der Waals surface area contributed by atoms with Gasteiger partial charge in [-0.15, -0.1) is 0 Å². The molecule has 23 heavy (non-hydrogen) atoms. The van der Waals surface area contributed by atoms with Crippen LogP contribution in [0.25, 0.3) is 11.1 Å². The van der Waals surface area contributed by atoms with Crippen LogP contribution in [0, 0.1) is 0 Å². The number of rotatable bonds is 1. The Labute approximate surface area is 145 Å². The van der Waals surface area contributed by atoms with Gasteiger partial charge in [0.1, 0.15) is 0 Å². The molecule has 114 valence electrons. The lowest BCUT2D eigenvalue weighted by Crippen LogP contribution is -2.25. The van der Waals surface area contributed by atoms with Crippen LogP contribution in [0.4, 0.5) is 11.4 Å². The molecular formula is C21H18BrN. The third kappa shape index (κ3) is 2.38. The number of fused-ring (bicyclic) bond motifs is 2. The minimum atomic E-state index is -0.0114. The van der Waals surface area contributed by atoms with Crippen molar-refractivity contribution < 1.29 is 0 Å². The highest BCUT2D eigenvalue weighted by molar-refractivity contribution is 9.10. The molecule has 1 aliphatic heterocycles. The molecule has 1 heterocycles. The van der Waals surface area contributed by atoms with E-state index in [0.717, 1.165) is 4.47 Å². The van der Waals surface area contributed by atoms with Gasteiger partial charge in [-0.3, -0.25) is 0 Å². The molecule has 0 atom stereocenters. The standard InChI is InChI=1S/C21H18BrN/c1-21(2)17-5-3-4-6-19(17)23-20-12-9-15(13-18(20)21)14-7-10-16(22)11-8-14/h3-13,23H,1-2H3. The first-order chi connectivity index (χ1) is 11.1. The molecule has 0 fully saturated rings. The lowest BCUT2D eigenvalue weighted by molar-refractivity contribution is 0.638. The van der Waals surface area contributed by atoms with Crippen LogP contribution in [0.5, 0.6) is 0 Å². The summed E-state index contributed by atoms with van der Waals surface area (Å²) in [7, 11) is 0. The van der Waals surface area contributed by atoms with Gasteiger partial charge in [0.25, 0.3) is 0 Å². The Morgan fingerprint density at radius 3 is 2.17 bits per heavy atom. The highest BCUT2D eigenvalue weighted by atomic mass is 79.9. The summed E-state index contributed by atoms with van der Waals surface area (Å²) in [6.07, 6.45) is 0.